The molecule has 1 aromatic rings. The van der Waals surface area contributed by atoms with Crippen LogP contribution in [0, 0.1) is 6.92 Å². The minimum absolute atomic E-state index is 0. The normalized spacial score (nSPS) is 9.27. The number of hydrogen-bond acceptors (Lipinski definition) is 0. The van der Waals surface area contributed by atoms with Crippen LogP contribution >= 0.6 is 0 Å². The van der Waals surface area contributed by atoms with Gasteiger partial charge in [0.2, 0.25) is 0 Å². The fraction of sp³-hybridized carbons (Fsp3) is 0.500. The Morgan fingerprint density at radius 3 is 2.64 bits per heavy atom. The van der Waals surface area contributed by atoms with Crippen LogP contribution in [-0.4, -0.2) is 0 Å². The SMILES string of the molecule is CCCCc1c[cH-]c(C)c1.[Li+]. The summed E-state index contributed by atoms with van der Waals surface area (Å²) < 4.78 is 0. The van der Waals surface area contributed by atoms with Crippen molar-refractivity contribution in [3.63, 3.8) is 0 Å². The van der Waals surface area contributed by atoms with Crippen LogP contribution in [0.15, 0.2) is 18.2 Å². The molecule has 0 amide bonds. The van der Waals surface area contributed by atoms with Gasteiger partial charge in [0.1, 0.15) is 0 Å². The zero-order chi connectivity index (χ0) is 7.40. The van der Waals surface area contributed by atoms with Crippen LogP contribution in [0.2, 0.25) is 0 Å². The Morgan fingerprint density at radius 2 is 2.18 bits per heavy atom. The second-order valence-electron chi connectivity index (χ2n) is 2.90. The van der Waals surface area contributed by atoms with Gasteiger partial charge in [-0.1, -0.05) is 33.1 Å². The molecule has 0 nitrogen and oxygen atoms in total. The van der Waals surface area contributed by atoms with Crippen LogP contribution in [0.25, 0.3) is 0 Å². The summed E-state index contributed by atoms with van der Waals surface area (Å²) in [5.74, 6) is 0. The van der Waals surface area contributed by atoms with Gasteiger partial charge in [-0.3, -0.25) is 0 Å². The monoisotopic (exact) mass is 142 g/mol. The van der Waals surface area contributed by atoms with E-state index in [9.17, 15) is 0 Å². The van der Waals surface area contributed by atoms with Gasteiger partial charge in [0.15, 0.2) is 0 Å². The van der Waals surface area contributed by atoms with E-state index in [0.717, 1.165) is 0 Å². The van der Waals surface area contributed by atoms with E-state index in [-0.39, 0.29) is 18.9 Å². The molecule has 0 aliphatic rings. The van der Waals surface area contributed by atoms with Crippen molar-refractivity contribution >= 4 is 0 Å². The summed E-state index contributed by atoms with van der Waals surface area (Å²) in [5.41, 5.74) is 2.89. The maximum atomic E-state index is 2.27. The molecule has 0 saturated carbocycles. The van der Waals surface area contributed by atoms with Crippen LogP contribution in [0.3, 0.4) is 0 Å². The molecule has 0 N–H and O–H groups in total. The Hall–Kier alpha value is -0.0526. The maximum Gasteiger partial charge on any atom is 1.00 e. The summed E-state index contributed by atoms with van der Waals surface area (Å²) in [5, 5.41) is 0. The molecule has 0 radical (unpaired) electrons. The summed E-state index contributed by atoms with van der Waals surface area (Å²) in [7, 11) is 0. The summed E-state index contributed by atoms with van der Waals surface area (Å²) in [6, 6.07) is 6.69. The third-order valence-corrected chi connectivity index (χ3v) is 1.79. The van der Waals surface area contributed by atoms with Gasteiger partial charge < -0.3 is 0 Å². The van der Waals surface area contributed by atoms with Crippen molar-refractivity contribution < 1.29 is 18.9 Å². The summed E-state index contributed by atoms with van der Waals surface area (Å²) in [4.78, 5) is 0. The molecular weight excluding hydrogens is 127 g/mol. The first-order chi connectivity index (χ1) is 4.83. The smallest absolute Gasteiger partial charge is 0.208 e. The minimum atomic E-state index is 0. The number of rotatable bonds is 3. The number of aryl methyl sites for hydroxylation is 2. The van der Waals surface area contributed by atoms with Gasteiger partial charge in [-0.05, 0) is 0 Å². The fourth-order valence-corrected chi connectivity index (χ4v) is 1.16. The molecule has 0 aromatic heterocycles. The Labute approximate surface area is 81.5 Å². The van der Waals surface area contributed by atoms with Crippen molar-refractivity contribution in [3.8, 4) is 0 Å². The average molecular weight is 142 g/mol. The zero-order valence-corrected chi connectivity index (χ0v) is 7.85. The van der Waals surface area contributed by atoms with Crippen molar-refractivity contribution in [2.24, 2.45) is 0 Å². The van der Waals surface area contributed by atoms with Gasteiger partial charge in [0, 0.05) is 0 Å². The third-order valence-electron chi connectivity index (χ3n) is 1.79. The first kappa shape index (κ1) is 10.9. The number of unbranched alkanes of at least 4 members (excludes halogenated alkanes) is 1. The van der Waals surface area contributed by atoms with Crippen molar-refractivity contribution in [1.82, 2.24) is 0 Å². The Bertz CT molecular complexity index is 189. The molecule has 0 unspecified atom stereocenters. The quantitative estimate of drug-likeness (QED) is 0.413. The predicted molar refractivity (Wildman–Crippen MR) is 45.4 cm³/mol. The first-order valence-electron chi connectivity index (χ1n) is 4.05. The van der Waals surface area contributed by atoms with E-state index < -0.39 is 0 Å². The second kappa shape index (κ2) is 5.58. The van der Waals surface area contributed by atoms with E-state index in [2.05, 4.69) is 32.0 Å². The molecule has 56 valence electrons. The third kappa shape index (κ3) is 3.75. The molecule has 0 bridgehead atoms. The first-order valence-corrected chi connectivity index (χ1v) is 4.05. The maximum absolute atomic E-state index is 2.27. The van der Waals surface area contributed by atoms with Gasteiger partial charge in [0.25, 0.3) is 0 Å². The largest absolute Gasteiger partial charge is 1.00 e. The van der Waals surface area contributed by atoms with Gasteiger partial charge in [0.05, 0.1) is 0 Å². The van der Waals surface area contributed by atoms with E-state index in [1.807, 2.05) is 0 Å². The molecule has 0 saturated heterocycles. The molecular formula is C10H15Li. The van der Waals surface area contributed by atoms with Crippen molar-refractivity contribution in [3.05, 3.63) is 29.3 Å². The average Bonchev–Trinajstić information content (AvgIpc) is 2.31. The summed E-state index contributed by atoms with van der Waals surface area (Å²) in [6.07, 6.45) is 3.87. The van der Waals surface area contributed by atoms with Crippen LogP contribution < -0.4 is 18.9 Å². The molecule has 0 aliphatic heterocycles. The fourth-order valence-electron chi connectivity index (χ4n) is 1.16. The van der Waals surface area contributed by atoms with Crippen LogP contribution in [0.4, 0.5) is 0 Å². The molecule has 11 heavy (non-hydrogen) atoms. The molecule has 1 heteroatoms. The molecule has 1 aromatic carbocycles. The van der Waals surface area contributed by atoms with Gasteiger partial charge in [-0.2, -0.15) is 23.3 Å². The number of hydrogen-bond donors (Lipinski definition) is 0. The Kier molecular flexibility index (Phi) is 5.55. The molecule has 0 spiro atoms. The van der Waals surface area contributed by atoms with E-state index in [0.29, 0.717) is 0 Å². The van der Waals surface area contributed by atoms with E-state index in [4.69, 9.17) is 0 Å². The van der Waals surface area contributed by atoms with Gasteiger partial charge in [-0.25, -0.2) is 6.07 Å². The van der Waals surface area contributed by atoms with Crippen molar-refractivity contribution in [2.75, 3.05) is 0 Å². The molecule has 0 atom stereocenters. The molecule has 1 rings (SSSR count). The molecule has 0 aliphatic carbocycles. The standard InChI is InChI=1S/C10H15.Li/c1-3-4-5-10-7-6-9(2)8-10;/h6-8H,3-5H2,1-2H3;/q-1;+1. The Balaban J connectivity index is 0.000001000. The van der Waals surface area contributed by atoms with E-state index in [1.165, 1.54) is 30.4 Å². The second-order valence-corrected chi connectivity index (χ2v) is 2.90. The van der Waals surface area contributed by atoms with Crippen LogP contribution in [0.1, 0.15) is 30.9 Å². The predicted octanol–water partition coefficient (Wildman–Crippen LogP) is 0.0605. The van der Waals surface area contributed by atoms with E-state index >= 15 is 0 Å². The van der Waals surface area contributed by atoms with Gasteiger partial charge in [-0.15, -0.1) is 0 Å². The zero-order valence-electron chi connectivity index (χ0n) is 7.85. The molecule has 0 heterocycles. The topological polar surface area (TPSA) is 0 Å². The van der Waals surface area contributed by atoms with Crippen LogP contribution in [0.5, 0.6) is 0 Å². The van der Waals surface area contributed by atoms with Crippen molar-refractivity contribution in [2.45, 2.75) is 33.1 Å². The van der Waals surface area contributed by atoms with E-state index in [1.54, 1.807) is 0 Å². The minimum Gasteiger partial charge on any atom is -0.208 e. The Morgan fingerprint density at radius 1 is 1.45 bits per heavy atom. The molecule has 0 fully saturated rings. The van der Waals surface area contributed by atoms with Crippen LogP contribution in [-0.2, 0) is 6.42 Å². The summed E-state index contributed by atoms with van der Waals surface area (Å²) >= 11 is 0. The van der Waals surface area contributed by atoms with Crippen molar-refractivity contribution in [1.29, 1.82) is 0 Å². The summed E-state index contributed by atoms with van der Waals surface area (Å²) in [6.45, 7) is 4.38. The van der Waals surface area contributed by atoms with Gasteiger partial charge >= 0.3 is 18.9 Å².